The van der Waals surface area contributed by atoms with Gasteiger partial charge >= 0.3 is 5.97 Å². The monoisotopic (exact) mass is 280 g/mol. The first kappa shape index (κ1) is 13.7. The highest BCUT2D eigenvalue weighted by atomic mass is 19.2. The van der Waals surface area contributed by atoms with Gasteiger partial charge in [-0.05, 0) is 24.3 Å². The van der Waals surface area contributed by atoms with Crippen molar-refractivity contribution in [2.45, 2.75) is 6.54 Å². The van der Waals surface area contributed by atoms with E-state index in [9.17, 15) is 18.4 Å². The van der Waals surface area contributed by atoms with E-state index in [1.807, 2.05) is 0 Å². The molecule has 104 valence electrons. The van der Waals surface area contributed by atoms with Gasteiger partial charge in [-0.25, -0.2) is 13.6 Å². The van der Waals surface area contributed by atoms with E-state index in [1.54, 1.807) is 0 Å². The van der Waals surface area contributed by atoms with Crippen molar-refractivity contribution < 1.29 is 23.5 Å². The van der Waals surface area contributed by atoms with Crippen LogP contribution in [0.4, 0.5) is 14.5 Å². The topological polar surface area (TPSA) is 71.3 Å². The number of hydrogen-bond donors (Lipinski definition) is 2. The summed E-state index contributed by atoms with van der Waals surface area (Å²) in [7, 11) is 0. The smallest absolute Gasteiger partial charge is 0.352 e. The van der Waals surface area contributed by atoms with Crippen molar-refractivity contribution >= 4 is 17.6 Å². The number of hydrogen-bond acceptors (Lipinski definition) is 2. The van der Waals surface area contributed by atoms with Gasteiger partial charge in [0.2, 0.25) is 5.91 Å². The summed E-state index contributed by atoms with van der Waals surface area (Å²) in [4.78, 5) is 22.6. The molecule has 0 radical (unpaired) electrons. The SMILES string of the molecule is O=C(Cn1cccc1C(=O)O)Nc1cccc(F)c1F. The molecule has 1 aromatic carbocycles. The van der Waals surface area contributed by atoms with Crippen LogP contribution in [-0.4, -0.2) is 21.6 Å². The quantitative estimate of drug-likeness (QED) is 0.901. The lowest BCUT2D eigenvalue weighted by molar-refractivity contribution is -0.116. The van der Waals surface area contributed by atoms with Crippen molar-refractivity contribution in [2.75, 3.05) is 5.32 Å². The first-order valence-electron chi connectivity index (χ1n) is 5.61. The molecule has 0 saturated heterocycles. The Bertz CT molecular complexity index is 667. The van der Waals surface area contributed by atoms with E-state index < -0.39 is 23.5 Å². The summed E-state index contributed by atoms with van der Waals surface area (Å²) >= 11 is 0. The van der Waals surface area contributed by atoms with Crippen molar-refractivity contribution in [3.63, 3.8) is 0 Å². The molecule has 0 aliphatic carbocycles. The van der Waals surface area contributed by atoms with E-state index in [0.717, 1.165) is 6.07 Å². The Morgan fingerprint density at radius 1 is 1.20 bits per heavy atom. The van der Waals surface area contributed by atoms with Crippen molar-refractivity contribution in [1.82, 2.24) is 4.57 Å². The summed E-state index contributed by atoms with van der Waals surface area (Å²) in [5.74, 6) is -4.07. The summed E-state index contributed by atoms with van der Waals surface area (Å²) in [5.41, 5.74) is -0.362. The molecule has 0 atom stereocenters. The predicted molar refractivity (Wildman–Crippen MR) is 66.4 cm³/mol. The number of rotatable bonds is 4. The van der Waals surface area contributed by atoms with Gasteiger partial charge in [0, 0.05) is 6.20 Å². The molecular weight excluding hydrogens is 270 g/mol. The zero-order chi connectivity index (χ0) is 14.7. The average Bonchev–Trinajstić information content (AvgIpc) is 2.83. The van der Waals surface area contributed by atoms with E-state index in [4.69, 9.17) is 5.11 Å². The Labute approximate surface area is 112 Å². The van der Waals surface area contributed by atoms with Gasteiger partial charge in [-0.3, -0.25) is 4.79 Å². The van der Waals surface area contributed by atoms with Crippen molar-refractivity contribution in [3.8, 4) is 0 Å². The number of nitrogens with one attached hydrogen (secondary N) is 1. The van der Waals surface area contributed by atoms with Crippen molar-refractivity contribution in [1.29, 1.82) is 0 Å². The number of anilines is 1. The molecule has 5 nitrogen and oxygen atoms in total. The number of benzene rings is 1. The highest BCUT2D eigenvalue weighted by molar-refractivity contribution is 5.92. The molecule has 0 fully saturated rings. The maximum atomic E-state index is 13.4. The molecule has 1 heterocycles. The fourth-order valence-electron chi connectivity index (χ4n) is 1.69. The van der Waals surface area contributed by atoms with Gasteiger partial charge in [0.15, 0.2) is 11.6 Å². The number of aromatic nitrogens is 1. The molecule has 0 aliphatic rings. The molecule has 0 aliphatic heterocycles. The maximum absolute atomic E-state index is 13.4. The number of nitrogens with zero attached hydrogens (tertiary/aromatic N) is 1. The normalized spacial score (nSPS) is 10.3. The molecule has 0 saturated carbocycles. The zero-order valence-corrected chi connectivity index (χ0v) is 10.1. The van der Waals surface area contributed by atoms with Gasteiger partial charge in [0.1, 0.15) is 12.2 Å². The van der Waals surface area contributed by atoms with E-state index in [-0.39, 0.29) is 17.9 Å². The van der Waals surface area contributed by atoms with E-state index in [2.05, 4.69) is 5.32 Å². The number of aromatic carboxylic acids is 1. The Morgan fingerprint density at radius 2 is 1.95 bits per heavy atom. The molecule has 0 unspecified atom stereocenters. The van der Waals surface area contributed by atoms with Gasteiger partial charge in [-0.15, -0.1) is 0 Å². The molecule has 7 heteroatoms. The van der Waals surface area contributed by atoms with Crippen LogP contribution in [0.1, 0.15) is 10.5 Å². The maximum Gasteiger partial charge on any atom is 0.352 e. The molecule has 0 spiro atoms. The molecule has 2 N–H and O–H groups in total. The third-order valence-electron chi connectivity index (χ3n) is 2.59. The minimum Gasteiger partial charge on any atom is -0.477 e. The molecule has 0 bridgehead atoms. The first-order chi connectivity index (χ1) is 9.49. The number of carbonyl (C=O) groups is 2. The van der Waals surface area contributed by atoms with Gasteiger partial charge in [0.25, 0.3) is 0 Å². The second kappa shape index (κ2) is 5.52. The first-order valence-corrected chi connectivity index (χ1v) is 5.61. The van der Waals surface area contributed by atoms with Crippen LogP contribution in [0.2, 0.25) is 0 Å². The average molecular weight is 280 g/mol. The molecule has 1 aromatic heterocycles. The second-order valence-electron chi connectivity index (χ2n) is 3.98. The highest BCUT2D eigenvalue weighted by Crippen LogP contribution is 2.16. The van der Waals surface area contributed by atoms with Gasteiger partial charge < -0.3 is 15.0 Å². The molecule has 1 amide bonds. The van der Waals surface area contributed by atoms with Gasteiger partial charge in [0.05, 0.1) is 5.69 Å². The fraction of sp³-hybridized carbons (Fsp3) is 0.0769. The minimum absolute atomic E-state index is 0.0696. The van der Waals surface area contributed by atoms with Gasteiger partial charge in [-0.1, -0.05) is 6.07 Å². The predicted octanol–water partition coefficient (Wildman–Crippen LogP) is 2.10. The Balaban J connectivity index is 2.11. The lowest BCUT2D eigenvalue weighted by Gasteiger charge is -2.08. The summed E-state index contributed by atoms with van der Waals surface area (Å²) < 4.78 is 27.5. The van der Waals surface area contributed by atoms with E-state index >= 15 is 0 Å². The summed E-state index contributed by atoms with van der Waals surface area (Å²) in [5, 5.41) is 11.1. The Hall–Kier alpha value is -2.70. The third kappa shape index (κ3) is 2.82. The lowest BCUT2D eigenvalue weighted by atomic mass is 10.3. The van der Waals surface area contributed by atoms with Crippen LogP contribution in [0.5, 0.6) is 0 Å². The summed E-state index contributed by atoms with van der Waals surface area (Å²) in [6.45, 7) is -0.315. The van der Waals surface area contributed by atoms with Crippen LogP contribution in [-0.2, 0) is 11.3 Å². The van der Waals surface area contributed by atoms with Crippen molar-refractivity contribution in [2.24, 2.45) is 0 Å². The van der Waals surface area contributed by atoms with Crippen LogP contribution >= 0.6 is 0 Å². The largest absolute Gasteiger partial charge is 0.477 e. The van der Waals surface area contributed by atoms with Crippen LogP contribution in [0.25, 0.3) is 0 Å². The third-order valence-corrected chi connectivity index (χ3v) is 2.59. The molecule has 20 heavy (non-hydrogen) atoms. The van der Waals surface area contributed by atoms with Gasteiger partial charge in [-0.2, -0.15) is 0 Å². The van der Waals surface area contributed by atoms with Crippen molar-refractivity contribution in [3.05, 3.63) is 53.9 Å². The number of carboxylic acid groups (broad SMARTS) is 1. The van der Waals surface area contributed by atoms with Crippen LogP contribution in [0.15, 0.2) is 36.5 Å². The number of halogens is 2. The number of carboxylic acids is 1. The standard InChI is InChI=1S/C13H10F2N2O3/c14-8-3-1-4-9(12(8)15)16-11(18)7-17-6-2-5-10(17)13(19)20/h1-6H,7H2,(H,16,18)(H,19,20). The fourth-order valence-corrected chi connectivity index (χ4v) is 1.69. The second-order valence-corrected chi connectivity index (χ2v) is 3.98. The van der Waals surface area contributed by atoms with Crippen LogP contribution in [0, 0.1) is 11.6 Å². The van der Waals surface area contributed by atoms with E-state index in [1.165, 1.54) is 35.0 Å². The molecule has 2 rings (SSSR count). The Kier molecular flexibility index (Phi) is 3.79. The van der Waals surface area contributed by atoms with Crippen LogP contribution < -0.4 is 5.32 Å². The lowest BCUT2D eigenvalue weighted by Crippen LogP contribution is -2.21. The zero-order valence-electron chi connectivity index (χ0n) is 10.1. The number of carbonyl (C=O) groups excluding carboxylic acids is 1. The summed E-state index contributed by atoms with van der Waals surface area (Å²) in [6.07, 6.45) is 1.41. The summed E-state index contributed by atoms with van der Waals surface area (Å²) in [6, 6.07) is 6.20. The van der Waals surface area contributed by atoms with E-state index in [0.29, 0.717) is 0 Å². The Morgan fingerprint density at radius 3 is 2.65 bits per heavy atom. The van der Waals surface area contributed by atoms with Crippen LogP contribution in [0.3, 0.4) is 0 Å². The highest BCUT2D eigenvalue weighted by Gasteiger charge is 2.14. The molecular formula is C13H10F2N2O3. The minimum atomic E-state index is -1.18. The molecule has 2 aromatic rings. The number of amides is 1.